The first-order chi connectivity index (χ1) is 4.86. The largest absolute Gasteiger partial charge is 0.261 e. The highest BCUT2D eigenvalue weighted by atomic mass is 14.7. The van der Waals surface area contributed by atoms with Gasteiger partial charge in [0.2, 0.25) is 0 Å². The number of hydrogen-bond acceptors (Lipinski definition) is 1. The Bertz CT molecular complexity index is 165. The van der Waals surface area contributed by atoms with Crippen LogP contribution in [0.25, 0.3) is 0 Å². The topological polar surface area (TPSA) is 12.9 Å². The van der Waals surface area contributed by atoms with Gasteiger partial charge in [-0.15, -0.1) is 0 Å². The van der Waals surface area contributed by atoms with E-state index in [1.54, 1.807) is 0 Å². The molecule has 0 aliphatic heterocycles. The smallest absolute Gasteiger partial charge is 0.0438 e. The normalized spacial score (nSPS) is 9.80. The Morgan fingerprint density at radius 2 is 2.30 bits per heavy atom. The van der Waals surface area contributed by atoms with Gasteiger partial charge in [-0.25, -0.2) is 0 Å². The van der Waals surface area contributed by atoms with Crippen LogP contribution < -0.4 is 0 Å². The molecular weight excluding hydrogens is 122 g/mol. The molecule has 0 unspecified atom stereocenters. The van der Waals surface area contributed by atoms with Crippen LogP contribution in [-0.2, 0) is 6.42 Å². The van der Waals surface area contributed by atoms with E-state index in [0.29, 0.717) is 0 Å². The summed E-state index contributed by atoms with van der Waals surface area (Å²) >= 11 is 0. The SMILES string of the molecule is C[CH]c1ccc(CC)cn1. The van der Waals surface area contributed by atoms with Crippen molar-refractivity contribution in [3.05, 3.63) is 36.0 Å². The molecule has 0 aliphatic rings. The second-order valence-corrected chi connectivity index (χ2v) is 2.23. The first kappa shape index (κ1) is 7.26. The fraction of sp³-hybridized carbons (Fsp3) is 0.333. The maximum Gasteiger partial charge on any atom is 0.0438 e. The highest BCUT2D eigenvalue weighted by Gasteiger charge is 1.89. The molecule has 0 saturated heterocycles. The highest BCUT2D eigenvalue weighted by molar-refractivity contribution is 5.17. The Hall–Kier alpha value is -0.850. The van der Waals surface area contributed by atoms with Gasteiger partial charge in [0.15, 0.2) is 0 Å². The maximum absolute atomic E-state index is 4.21. The van der Waals surface area contributed by atoms with Crippen LogP contribution in [-0.4, -0.2) is 4.98 Å². The first-order valence-corrected chi connectivity index (χ1v) is 3.61. The molecule has 1 aromatic heterocycles. The number of nitrogens with zero attached hydrogens (tertiary/aromatic N) is 1. The van der Waals surface area contributed by atoms with Crippen LogP contribution in [0.2, 0.25) is 0 Å². The van der Waals surface area contributed by atoms with Crippen molar-refractivity contribution in [1.29, 1.82) is 0 Å². The van der Waals surface area contributed by atoms with Crippen LogP contribution in [0.5, 0.6) is 0 Å². The van der Waals surface area contributed by atoms with E-state index in [4.69, 9.17) is 0 Å². The van der Waals surface area contributed by atoms with E-state index in [-0.39, 0.29) is 0 Å². The van der Waals surface area contributed by atoms with Crippen LogP contribution in [0.3, 0.4) is 0 Å². The molecule has 0 amide bonds. The standard InChI is InChI=1S/C9H12N/c1-3-8-5-6-9(4-2)10-7-8/h4-7H,3H2,1-2H3. The summed E-state index contributed by atoms with van der Waals surface area (Å²) in [5.74, 6) is 0. The van der Waals surface area contributed by atoms with Crippen LogP contribution in [0.1, 0.15) is 25.1 Å². The average Bonchev–Trinajstić information content (AvgIpc) is 2.05. The van der Waals surface area contributed by atoms with E-state index in [1.807, 2.05) is 25.6 Å². The molecule has 1 heterocycles. The Balaban J connectivity index is 2.80. The monoisotopic (exact) mass is 134 g/mol. The zero-order chi connectivity index (χ0) is 7.40. The molecule has 0 aromatic carbocycles. The van der Waals surface area contributed by atoms with Gasteiger partial charge in [0.1, 0.15) is 0 Å². The molecule has 0 fully saturated rings. The van der Waals surface area contributed by atoms with Crippen molar-refractivity contribution in [3.8, 4) is 0 Å². The van der Waals surface area contributed by atoms with Crippen molar-refractivity contribution in [2.24, 2.45) is 0 Å². The summed E-state index contributed by atoms with van der Waals surface area (Å²) in [7, 11) is 0. The van der Waals surface area contributed by atoms with Crippen molar-refractivity contribution in [2.45, 2.75) is 20.3 Å². The molecule has 1 heteroatoms. The minimum atomic E-state index is 1.05. The highest BCUT2D eigenvalue weighted by Crippen LogP contribution is 2.01. The van der Waals surface area contributed by atoms with Gasteiger partial charge in [-0.05, 0) is 18.1 Å². The van der Waals surface area contributed by atoms with E-state index in [2.05, 4.69) is 18.0 Å². The third-order valence-electron chi connectivity index (χ3n) is 1.55. The molecule has 0 spiro atoms. The molecule has 0 atom stereocenters. The maximum atomic E-state index is 4.21. The molecule has 1 radical (unpaired) electrons. The van der Waals surface area contributed by atoms with Gasteiger partial charge in [-0.1, -0.05) is 19.9 Å². The lowest BCUT2D eigenvalue weighted by molar-refractivity contribution is 1.08. The summed E-state index contributed by atoms with van der Waals surface area (Å²) in [4.78, 5) is 4.21. The van der Waals surface area contributed by atoms with Gasteiger partial charge in [0, 0.05) is 18.3 Å². The zero-order valence-corrected chi connectivity index (χ0v) is 6.46. The van der Waals surface area contributed by atoms with Gasteiger partial charge in [-0.2, -0.15) is 0 Å². The van der Waals surface area contributed by atoms with Gasteiger partial charge < -0.3 is 0 Å². The molecule has 0 N–H and O–H groups in total. The fourth-order valence-corrected chi connectivity index (χ4v) is 0.816. The second kappa shape index (κ2) is 3.35. The lowest BCUT2D eigenvalue weighted by Gasteiger charge is -1.96. The second-order valence-electron chi connectivity index (χ2n) is 2.23. The Kier molecular flexibility index (Phi) is 2.43. The fourth-order valence-electron chi connectivity index (χ4n) is 0.816. The molecule has 10 heavy (non-hydrogen) atoms. The number of aryl methyl sites for hydroxylation is 1. The molecule has 0 saturated carbocycles. The predicted octanol–water partition coefficient (Wildman–Crippen LogP) is 2.22. The minimum Gasteiger partial charge on any atom is -0.261 e. The molecule has 0 bridgehead atoms. The van der Waals surface area contributed by atoms with E-state index in [9.17, 15) is 0 Å². The van der Waals surface area contributed by atoms with Crippen LogP contribution >= 0.6 is 0 Å². The summed E-state index contributed by atoms with van der Waals surface area (Å²) in [6.45, 7) is 4.13. The third-order valence-corrected chi connectivity index (χ3v) is 1.55. The molecule has 1 aromatic rings. The minimum absolute atomic E-state index is 1.05. The Morgan fingerprint density at radius 3 is 2.70 bits per heavy atom. The number of pyridine rings is 1. The van der Waals surface area contributed by atoms with Crippen molar-refractivity contribution in [3.63, 3.8) is 0 Å². The molecular formula is C9H12N. The van der Waals surface area contributed by atoms with Gasteiger partial charge in [0.25, 0.3) is 0 Å². The van der Waals surface area contributed by atoms with Crippen LogP contribution in [0.4, 0.5) is 0 Å². The summed E-state index contributed by atoms with van der Waals surface area (Å²) in [5.41, 5.74) is 2.35. The molecule has 1 rings (SSSR count). The van der Waals surface area contributed by atoms with E-state index >= 15 is 0 Å². The van der Waals surface area contributed by atoms with Crippen molar-refractivity contribution >= 4 is 0 Å². The number of rotatable bonds is 2. The van der Waals surface area contributed by atoms with Crippen LogP contribution in [0, 0.1) is 6.42 Å². The molecule has 0 aliphatic carbocycles. The quantitative estimate of drug-likeness (QED) is 0.604. The summed E-state index contributed by atoms with van der Waals surface area (Å²) in [6, 6.07) is 4.15. The van der Waals surface area contributed by atoms with E-state index in [1.165, 1.54) is 5.56 Å². The molecule has 53 valence electrons. The molecule has 1 nitrogen and oxygen atoms in total. The van der Waals surface area contributed by atoms with Crippen molar-refractivity contribution in [1.82, 2.24) is 4.98 Å². The predicted molar refractivity (Wildman–Crippen MR) is 42.7 cm³/mol. The van der Waals surface area contributed by atoms with Gasteiger partial charge in [0.05, 0.1) is 0 Å². The lowest BCUT2D eigenvalue weighted by Crippen LogP contribution is -1.86. The van der Waals surface area contributed by atoms with Gasteiger partial charge >= 0.3 is 0 Å². The van der Waals surface area contributed by atoms with Crippen molar-refractivity contribution in [2.75, 3.05) is 0 Å². The number of hydrogen-bond donors (Lipinski definition) is 0. The first-order valence-electron chi connectivity index (χ1n) is 3.61. The summed E-state index contributed by atoms with van der Waals surface area (Å²) < 4.78 is 0. The average molecular weight is 134 g/mol. The lowest BCUT2D eigenvalue weighted by atomic mass is 10.2. The zero-order valence-electron chi connectivity index (χ0n) is 6.46. The van der Waals surface area contributed by atoms with E-state index in [0.717, 1.165) is 12.1 Å². The van der Waals surface area contributed by atoms with Crippen molar-refractivity contribution < 1.29 is 0 Å². The Labute approximate surface area is 62.1 Å². The van der Waals surface area contributed by atoms with Crippen LogP contribution in [0.15, 0.2) is 18.3 Å². The summed E-state index contributed by atoms with van der Waals surface area (Å²) in [5, 5.41) is 0. The Morgan fingerprint density at radius 1 is 1.50 bits per heavy atom. The van der Waals surface area contributed by atoms with Gasteiger partial charge in [-0.3, -0.25) is 4.98 Å². The number of aromatic nitrogens is 1. The third kappa shape index (κ3) is 1.56. The van der Waals surface area contributed by atoms with E-state index < -0.39 is 0 Å². The summed E-state index contributed by atoms with van der Waals surface area (Å²) in [6.07, 6.45) is 4.99.